The molecule has 0 radical (unpaired) electrons. The van der Waals surface area contributed by atoms with Gasteiger partial charge in [-0.15, -0.1) is 0 Å². The number of rotatable bonds is 4. The minimum absolute atomic E-state index is 0.0617. The Labute approximate surface area is 125 Å². The van der Waals surface area contributed by atoms with Crippen molar-refractivity contribution in [3.05, 3.63) is 52.6 Å². The summed E-state index contributed by atoms with van der Waals surface area (Å²) in [7, 11) is 0. The quantitative estimate of drug-likeness (QED) is 0.877. The maximum absolute atomic E-state index is 11.0. The van der Waals surface area contributed by atoms with Gasteiger partial charge in [0.15, 0.2) is 5.49 Å². The first-order valence-corrected chi connectivity index (χ1v) is 6.99. The summed E-state index contributed by atoms with van der Waals surface area (Å²) < 4.78 is 5.73. The van der Waals surface area contributed by atoms with Crippen molar-refractivity contribution in [1.82, 2.24) is 9.78 Å². The number of benzene rings is 1. The number of primary amides is 1. The molecule has 2 aromatic rings. The van der Waals surface area contributed by atoms with E-state index < -0.39 is 5.91 Å². The lowest BCUT2D eigenvalue weighted by molar-refractivity contribution is -0.118. The zero-order valence-corrected chi connectivity index (χ0v) is 12.4. The molecule has 0 atom stereocenters. The van der Waals surface area contributed by atoms with E-state index in [4.69, 9.17) is 17.3 Å². The van der Waals surface area contributed by atoms with E-state index in [1.807, 2.05) is 31.2 Å². The molecule has 0 saturated heterocycles. The second kappa shape index (κ2) is 6.58. The van der Waals surface area contributed by atoms with Gasteiger partial charge in [-0.2, -0.15) is 9.50 Å². The fourth-order valence-electron chi connectivity index (χ4n) is 1.47. The minimum atomic E-state index is -0.499. The number of hydrogen-bond acceptors (Lipinski definition) is 4. The number of aryl methyl sites for hydroxylation is 1. The highest BCUT2D eigenvalue weighted by Crippen LogP contribution is 2.18. The average molecular weight is 309 g/mol. The van der Waals surface area contributed by atoms with E-state index in [1.165, 1.54) is 22.2 Å². The molecule has 0 saturated carbocycles. The summed E-state index contributed by atoms with van der Waals surface area (Å²) in [5, 5.41) is 4.30. The standard InChI is InChI=1S/C13H13ClN4OS/c1-9-2-4-10(5-3-9)20-17-13-7-6-11(14)16-18(13)8-12(15)19/h2-7H,8H2,1H3,(H2,15,19). The third kappa shape index (κ3) is 4.11. The van der Waals surface area contributed by atoms with Gasteiger partial charge in [0.05, 0.1) is 0 Å². The van der Waals surface area contributed by atoms with Gasteiger partial charge in [0.2, 0.25) is 5.91 Å². The lowest BCUT2D eigenvalue weighted by Gasteiger charge is -2.03. The molecule has 20 heavy (non-hydrogen) atoms. The highest BCUT2D eigenvalue weighted by Gasteiger charge is 2.02. The fraction of sp³-hybridized carbons (Fsp3) is 0.154. The maximum Gasteiger partial charge on any atom is 0.239 e. The van der Waals surface area contributed by atoms with Crippen LogP contribution in [0.5, 0.6) is 0 Å². The van der Waals surface area contributed by atoms with Crippen LogP contribution in [-0.2, 0) is 11.3 Å². The van der Waals surface area contributed by atoms with Crippen LogP contribution in [0.3, 0.4) is 0 Å². The highest BCUT2D eigenvalue weighted by molar-refractivity contribution is 7.98. The summed E-state index contributed by atoms with van der Waals surface area (Å²) in [6.45, 7) is 1.96. The van der Waals surface area contributed by atoms with Gasteiger partial charge in [0, 0.05) is 16.8 Å². The van der Waals surface area contributed by atoms with E-state index in [0.717, 1.165) is 4.90 Å². The van der Waals surface area contributed by atoms with Crippen LogP contribution in [0, 0.1) is 6.92 Å². The fourth-order valence-corrected chi connectivity index (χ4v) is 2.24. The number of amides is 1. The zero-order valence-electron chi connectivity index (χ0n) is 10.8. The average Bonchev–Trinajstić information content (AvgIpc) is 2.39. The number of carbonyl (C=O) groups is 1. The molecule has 0 aliphatic heterocycles. The molecular formula is C13H13ClN4OS. The Morgan fingerprint density at radius 3 is 2.70 bits per heavy atom. The van der Waals surface area contributed by atoms with Crippen LogP contribution >= 0.6 is 23.5 Å². The second-order valence-electron chi connectivity index (χ2n) is 4.13. The van der Waals surface area contributed by atoms with Crippen LogP contribution in [0.4, 0.5) is 0 Å². The Bertz CT molecular complexity index is 682. The molecule has 1 heterocycles. The van der Waals surface area contributed by atoms with E-state index in [0.29, 0.717) is 5.49 Å². The number of halogens is 1. The van der Waals surface area contributed by atoms with Crippen molar-refractivity contribution in [2.75, 3.05) is 0 Å². The van der Waals surface area contributed by atoms with Crippen molar-refractivity contribution < 1.29 is 4.79 Å². The number of hydrogen-bond donors (Lipinski definition) is 1. The predicted octanol–water partition coefficient (Wildman–Crippen LogP) is 1.94. The predicted molar refractivity (Wildman–Crippen MR) is 79.0 cm³/mol. The van der Waals surface area contributed by atoms with E-state index in [-0.39, 0.29) is 11.7 Å². The van der Waals surface area contributed by atoms with Gasteiger partial charge in [0.1, 0.15) is 11.7 Å². The summed E-state index contributed by atoms with van der Waals surface area (Å²) in [4.78, 5) is 12.0. The third-order valence-electron chi connectivity index (χ3n) is 2.42. The van der Waals surface area contributed by atoms with Gasteiger partial charge in [-0.05, 0) is 31.2 Å². The van der Waals surface area contributed by atoms with Crippen molar-refractivity contribution in [3.8, 4) is 0 Å². The van der Waals surface area contributed by atoms with Gasteiger partial charge in [0.25, 0.3) is 0 Å². The Morgan fingerprint density at radius 2 is 2.05 bits per heavy atom. The topological polar surface area (TPSA) is 73.3 Å². The molecule has 0 aliphatic carbocycles. The van der Waals surface area contributed by atoms with Gasteiger partial charge in [-0.25, -0.2) is 4.68 Å². The van der Waals surface area contributed by atoms with Crippen LogP contribution in [-0.4, -0.2) is 15.7 Å². The monoisotopic (exact) mass is 308 g/mol. The molecule has 2 rings (SSSR count). The number of carbonyl (C=O) groups excluding carboxylic acids is 1. The van der Waals surface area contributed by atoms with Gasteiger partial charge in [-0.1, -0.05) is 29.3 Å². The molecule has 2 N–H and O–H groups in total. The molecule has 1 amide bonds. The third-order valence-corrected chi connectivity index (χ3v) is 3.38. The Kier molecular flexibility index (Phi) is 4.81. The van der Waals surface area contributed by atoms with Crippen molar-refractivity contribution in [2.24, 2.45) is 10.1 Å². The van der Waals surface area contributed by atoms with Crippen molar-refractivity contribution >= 4 is 29.5 Å². The lowest BCUT2D eigenvalue weighted by atomic mass is 10.2. The Hall–Kier alpha value is -1.79. The van der Waals surface area contributed by atoms with Crippen LogP contribution in [0.15, 0.2) is 45.7 Å². The van der Waals surface area contributed by atoms with Crippen LogP contribution in [0.25, 0.3) is 0 Å². The molecule has 5 nitrogen and oxygen atoms in total. The van der Waals surface area contributed by atoms with Crippen LogP contribution in [0.2, 0.25) is 5.15 Å². The zero-order chi connectivity index (χ0) is 14.5. The Balaban J connectivity index is 2.28. The number of nitrogens with two attached hydrogens (primary N) is 1. The van der Waals surface area contributed by atoms with Crippen molar-refractivity contribution in [1.29, 1.82) is 0 Å². The molecule has 1 aromatic carbocycles. The molecule has 0 spiro atoms. The summed E-state index contributed by atoms with van der Waals surface area (Å²) >= 11 is 7.10. The van der Waals surface area contributed by atoms with Gasteiger partial charge < -0.3 is 5.73 Å². The number of aromatic nitrogens is 2. The van der Waals surface area contributed by atoms with Crippen LogP contribution < -0.4 is 11.2 Å². The molecule has 7 heteroatoms. The maximum atomic E-state index is 11.0. The molecular weight excluding hydrogens is 296 g/mol. The minimum Gasteiger partial charge on any atom is -0.368 e. The van der Waals surface area contributed by atoms with Gasteiger partial charge >= 0.3 is 0 Å². The van der Waals surface area contributed by atoms with Crippen LogP contribution in [0.1, 0.15) is 5.56 Å². The molecule has 0 fully saturated rings. The van der Waals surface area contributed by atoms with E-state index in [2.05, 4.69) is 9.50 Å². The van der Waals surface area contributed by atoms with E-state index in [1.54, 1.807) is 12.1 Å². The largest absolute Gasteiger partial charge is 0.368 e. The first kappa shape index (κ1) is 14.6. The van der Waals surface area contributed by atoms with Gasteiger partial charge in [-0.3, -0.25) is 4.79 Å². The normalized spacial score (nSPS) is 11.6. The first-order valence-electron chi connectivity index (χ1n) is 5.84. The SMILES string of the molecule is Cc1ccc(SN=c2ccc(Cl)nn2CC(N)=O)cc1. The van der Waals surface area contributed by atoms with E-state index >= 15 is 0 Å². The summed E-state index contributed by atoms with van der Waals surface area (Å²) in [5.41, 5.74) is 6.89. The molecule has 1 aromatic heterocycles. The molecule has 104 valence electrons. The molecule has 0 aliphatic rings. The number of nitrogens with zero attached hydrogens (tertiary/aromatic N) is 3. The van der Waals surface area contributed by atoms with E-state index in [9.17, 15) is 4.79 Å². The summed E-state index contributed by atoms with van der Waals surface area (Å²) in [6.07, 6.45) is 0. The lowest BCUT2D eigenvalue weighted by Crippen LogP contribution is -2.30. The highest BCUT2D eigenvalue weighted by atomic mass is 35.5. The first-order chi connectivity index (χ1) is 9.54. The molecule has 0 bridgehead atoms. The summed E-state index contributed by atoms with van der Waals surface area (Å²) in [5.74, 6) is -0.499. The smallest absolute Gasteiger partial charge is 0.239 e. The summed E-state index contributed by atoms with van der Waals surface area (Å²) in [6, 6.07) is 11.3. The Morgan fingerprint density at radius 1 is 1.35 bits per heavy atom. The van der Waals surface area contributed by atoms with Crippen molar-refractivity contribution in [3.63, 3.8) is 0 Å². The second-order valence-corrected chi connectivity index (χ2v) is 5.36. The molecule has 0 unspecified atom stereocenters. The van der Waals surface area contributed by atoms with Crippen molar-refractivity contribution in [2.45, 2.75) is 18.4 Å².